The fraction of sp³-hybridized carbons (Fsp3) is 0.524. The zero-order valence-electron chi connectivity index (χ0n) is 15.9. The van der Waals surface area contributed by atoms with Crippen LogP contribution in [0.15, 0.2) is 29.3 Å². The molecular weight excluding hydrogens is 364 g/mol. The number of amides is 1. The fourth-order valence-electron chi connectivity index (χ4n) is 4.54. The Bertz CT molecular complexity index is 825. The lowest BCUT2D eigenvalue weighted by atomic mass is 9.82. The summed E-state index contributed by atoms with van der Waals surface area (Å²) >= 11 is 6.14. The van der Waals surface area contributed by atoms with Gasteiger partial charge in [-0.1, -0.05) is 24.6 Å². The van der Waals surface area contributed by atoms with Crippen LogP contribution in [0.2, 0.25) is 5.02 Å². The highest BCUT2D eigenvalue weighted by Gasteiger charge is 2.51. The smallest absolute Gasteiger partial charge is 0.335 e. The molecule has 1 aromatic carbocycles. The number of benzene rings is 1. The number of halogens is 1. The molecule has 1 spiro atoms. The summed E-state index contributed by atoms with van der Waals surface area (Å²) in [6, 6.07) is 5.86. The van der Waals surface area contributed by atoms with Gasteiger partial charge in [0.1, 0.15) is 5.60 Å². The topological polar surface area (TPSA) is 49.9 Å². The van der Waals surface area contributed by atoms with Gasteiger partial charge in [-0.15, -0.1) is 0 Å². The lowest BCUT2D eigenvalue weighted by Gasteiger charge is -2.40. The number of piperidine rings is 1. The monoisotopic (exact) mass is 388 g/mol. The van der Waals surface area contributed by atoms with Crippen molar-refractivity contribution in [3.05, 3.63) is 45.5 Å². The van der Waals surface area contributed by atoms with Crippen molar-refractivity contribution >= 4 is 23.5 Å². The molecular formula is C21H25ClN2O3. The molecule has 0 bridgehead atoms. The number of nitrogens with zero attached hydrogens (tertiary/aromatic N) is 2. The van der Waals surface area contributed by atoms with Gasteiger partial charge < -0.3 is 14.5 Å². The Morgan fingerprint density at radius 2 is 1.96 bits per heavy atom. The molecule has 144 valence electrons. The van der Waals surface area contributed by atoms with Crippen LogP contribution in [0.1, 0.15) is 37.8 Å². The molecule has 3 aliphatic heterocycles. The van der Waals surface area contributed by atoms with Crippen LogP contribution in [-0.2, 0) is 27.3 Å². The second-order valence-electron chi connectivity index (χ2n) is 7.71. The zero-order valence-corrected chi connectivity index (χ0v) is 16.6. The quantitative estimate of drug-likeness (QED) is 0.731. The Kier molecular flexibility index (Phi) is 4.77. The Hall–Kier alpha value is -1.85. The van der Waals surface area contributed by atoms with E-state index in [4.69, 9.17) is 16.3 Å². The number of ether oxygens (including phenoxy) is 1. The number of carbonyl (C=O) groups is 2. The van der Waals surface area contributed by atoms with Crippen LogP contribution in [0.3, 0.4) is 0 Å². The fourth-order valence-corrected chi connectivity index (χ4v) is 4.74. The van der Waals surface area contributed by atoms with Gasteiger partial charge in [0.2, 0.25) is 0 Å². The first-order chi connectivity index (χ1) is 12.9. The maximum atomic E-state index is 13.5. The second kappa shape index (κ2) is 6.95. The van der Waals surface area contributed by atoms with Crippen molar-refractivity contribution in [1.82, 2.24) is 9.80 Å². The lowest BCUT2D eigenvalue weighted by Crippen LogP contribution is -2.49. The molecule has 0 aromatic heterocycles. The van der Waals surface area contributed by atoms with E-state index >= 15 is 0 Å². The summed E-state index contributed by atoms with van der Waals surface area (Å²) in [6.45, 7) is 7.68. The van der Waals surface area contributed by atoms with Gasteiger partial charge in [-0.05, 0) is 43.1 Å². The predicted molar refractivity (Wildman–Crippen MR) is 103 cm³/mol. The van der Waals surface area contributed by atoms with Crippen molar-refractivity contribution < 1.29 is 14.3 Å². The first-order valence-electron chi connectivity index (χ1n) is 9.67. The minimum Gasteiger partial charge on any atom is -0.450 e. The van der Waals surface area contributed by atoms with E-state index in [2.05, 4.69) is 11.8 Å². The predicted octanol–water partition coefficient (Wildman–Crippen LogP) is 2.95. The molecule has 0 aliphatic carbocycles. The summed E-state index contributed by atoms with van der Waals surface area (Å²) in [4.78, 5) is 30.0. The summed E-state index contributed by atoms with van der Waals surface area (Å²) in [5, 5.41) is 0.682. The summed E-state index contributed by atoms with van der Waals surface area (Å²) in [6.07, 6.45) is 2.17. The van der Waals surface area contributed by atoms with E-state index in [9.17, 15) is 9.59 Å². The summed E-state index contributed by atoms with van der Waals surface area (Å²) in [5.41, 5.74) is 2.62. The van der Waals surface area contributed by atoms with Crippen LogP contribution >= 0.6 is 11.6 Å². The molecule has 3 aliphatic rings. The van der Waals surface area contributed by atoms with E-state index in [-0.39, 0.29) is 11.9 Å². The molecule has 1 saturated heterocycles. The molecule has 0 unspecified atom stereocenters. The van der Waals surface area contributed by atoms with Crippen LogP contribution in [0, 0.1) is 0 Å². The number of likely N-dealkylation sites (tertiary alicyclic amines) is 1. The molecule has 0 atom stereocenters. The van der Waals surface area contributed by atoms with E-state index in [1.165, 1.54) is 5.56 Å². The average molecular weight is 389 g/mol. The average Bonchev–Trinajstić information content (AvgIpc) is 2.91. The molecule has 0 saturated carbocycles. The van der Waals surface area contributed by atoms with E-state index < -0.39 is 5.60 Å². The van der Waals surface area contributed by atoms with Crippen molar-refractivity contribution in [3.8, 4) is 0 Å². The first kappa shape index (κ1) is 18.5. The molecule has 1 amide bonds. The maximum absolute atomic E-state index is 13.5. The number of carbonyl (C=O) groups excluding carboxylic acids is 2. The molecule has 0 N–H and O–H groups in total. The number of hydrogen-bond donors (Lipinski definition) is 0. The summed E-state index contributed by atoms with van der Waals surface area (Å²) in [5.74, 6) is -0.405. The molecule has 1 aromatic rings. The summed E-state index contributed by atoms with van der Waals surface area (Å²) in [7, 11) is 0. The minimum atomic E-state index is -0.751. The van der Waals surface area contributed by atoms with E-state index in [1.54, 1.807) is 6.92 Å². The SMILES string of the molecule is CCN1CCC2(CC1)OC(=O)C(C)=C2C(=O)N1CCc2ccc(Cl)cc2C1. The standard InChI is InChI=1S/C21H25ClN2O3/c1-3-23-10-7-21(8-11-23)18(14(2)20(26)27-21)19(25)24-9-6-15-4-5-17(22)12-16(15)13-24/h4-5,12H,3,6-11,13H2,1-2H3. The van der Waals surface area contributed by atoms with Gasteiger partial charge in [0.05, 0.1) is 5.57 Å². The molecule has 6 heteroatoms. The minimum absolute atomic E-state index is 0.0612. The van der Waals surface area contributed by atoms with Gasteiger partial charge in [0.25, 0.3) is 5.91 Å². The van der Waals surface area contributed by atoms with Crippen LogP contribution in [0.4, 0.5) is 0 Å². The van der Waals surface area contributed by atoms with E-state index in [0.717, 1.165) is 31.6 Å². The van der Waals surface area contributed by atoms with Crippen molar-refractivity contribution in [3.63, 3.8) is 0 Å². The highest BCUT2D eigenvalue weighted by molar-refractivity contribution is 6.30. The maximum Gasteiger partial charge on any atom is 0.335 e. The van der Waals surface area contributed by atoms with Gasteiger partial charge in [0.15, 0.2) is 0 Å². The van der Waals surface area contributed by atoms with Crippen molar-refractivity contribution in [2.45, 2.75) is 45.3 Å². The van der Waals surface area contributed by atoms with Crippen molar-refractivity contribution in [2.24, 2.45) is 0 Å². The third-order valence-corrected chi connectivity index (χ3v) is 6.45. The van der Waals surface area contributed by atoms with Gasteiger partial charge in [-0.2, -0.15) is 0 Å². The second-order valence-corrected chi connectivity index (χ2v) is 8.14. The normalized spacial score (nSPS) is 22.2. The third kappa shape index (κ3) is 3.17. The van der Waals surface area contributed by atoms with Crippen LogP contribution in [0.5, 0.6) is 0 Å². The molecule has 27 heavy (non-hydrogen) atoms. The van der Waals surface area contributed by atoms with E-state index in [1.807, 2.05) is 23.1 Å². The van der Waals surface area contributed by atoms with Crippen LogP contribution < -0.4 is 0 Å². The Balaban J connectivity index is 1.61. The molecule has 0 radical (unpaired) electrons. The Labute approximate surface area is 164 Å². The largest absolute Gasteiger partial charge is 0.450 e. The number of rotatable bonds is 2. The van der Waals surface area contributed by atoms with Gasteiger partial charge in [-0.25, -0.2) is 4.79 Å². The third-order valence-electron chi connectivity index (χ3n) is 6.22. The van der Waals surface area contributed by atoms with Crippen LogP contribution in [-0.4, -0.2) is 53.5 Å². The number of fused-ring (bicyclic) bond motifs is 1. The molecule has 1 fully saturated rings. The van der Waals surface area contributed by atoms with Gasteiger partial charge >= 0.3 is 5.97 Å². The highest BCUT2D eigenvalue weighted by atomic mass is 35.5. The van der Waals surface area contributed by atoms with Gasteiger partial charge in [-0.3, -0.25) is 4.79 Å². The Morgan fingerprint density at radius 3 is 2.67 bits per heavy atom. The van der Waals surface area contributed by atoms with Crippen molar-refractivity contribution in [1.29, 1.82) is 0 Å². The molecule has 3 heterocycles. The first-order valence-corrected chi connectivity index (χ1v) is 10.0. The van der Waals surface area contributed by atoms with E-state index in [0.29, 0.717) is 42.1 Å². The van der Waals surface area contributed by atoms with Crippen molar-refractivity contribution in [2.75, 3.05) is 26.2 Å². The number of hydrogen-bond acceptors (Lipinski definition) is 4. The lowest BCUT2D eigenvalue weighted by molar-refractivity contribution is -0.151. The molecule has 5 nitrogen and oxygen atoms in total. The molecule has 4 rings (SSSR count). The zero-order chi connectivity index (χ0) is 19.2. The Morgan fingerprint density at radius 1 is 1.22 bits per heavy atom. The highest BCUT2D eigenvalue weighted by Crippen LogP contribution is 2.42. The number of esters is 1. The van der Waals surface area contributed by atoms with Crippen LogP contribution in [0.25, 0.3) is 0 Å². The van der Waals surface area contributed by atoms with Gasteiger partial charge in [0, 0.05) is 49.6 Å². The summed E-state index contributed by atoms with van der Waals surface area (Å²) < 4.78 is 5.80.